The molecule has 0 fully saturated rings. The van der Waals surface area contributed by atoms with Gasteiger partial charge in [0.15, 0.2) is 0 Å². The third-order valence-electron chi connectivity index (χ3n) is 8.59. The maximum Gasteiger partial charge on any atom is 0.472 e. The molecule has 2 atom stereocenters. The molecule has 0 aliphatic rings. The fourth-order valence-corrected chi connectivity index (χ4v) is 6.08. The summed E-state index contributed by atoms with van der Waals surface area (Å²) >= 11 is 0. The first-order valence-electron chi connectivity index (χ1n) is 21.0. The minimum absolute atomic E-state index is 0.0843. The van der Waals surface area contributed by atoms with Crippen molar-refractivity contribution in [2.45, 2.75) is 161 Å². The monoisotopic (exact) mass is 767 g/mol. The Labute approximate surface area is 326 Å². The van der Waals surface area contributed by atoms with Crippen LogP contribution in [-0.4, -0.2) is 75.6 Å². The van der Waals surface area contributed by atoms with Crippen LogP contribution in [0.25, 0.3) is 0 Å². The number of unbranched alkanes of at least 4 members (excludes halogenated alkanes) is 14. The molecule has 0 spiro atoms. The Balaban J connectivity index is 4.17. The number of phosphoric acid groups is 1. The minimum Gasteiger partial charge on any atom is -0.457 e. The highest BCUT2D eigenvalue weighted by Gasteiger charge is 2.26. The minimum atomic E-state index is -4.27. The Morgan fingerprint density at radius 3 is 1.64 bits per heavy atom. The Morgan fingerprint density at radius 2 is 1.09 bits per heavy atom. The van der Waals surface area contributed by atoms with Crippen LogP contribution in [0.4, 0.5) is 0 Å². The van der Waals surface area contributed by atoms with E-state index in [0.717, 1.165) is 70.6 Å². The number of esters is 1. The number of allylic oxidation sites excluding steroid dienone is 10. The van der Waals surface area contributed by atoms with Crippen molar-refractivity contribution in [2.24, 2.45) is 0 Å². The third kappa shape index (κ3) is 41.2. The second-order valence-electron chi connectivity index (χ2n) is 15.0. The molecule has 0 heterocycles. The normalized spacial score (nSPS) is 14.5. The van der Waals surface area contributed by atoms with E-state index in [-0.39, 0.29) is 25.8 Å². The van der Waals surface area contributed by atoms with Gasteiger partial charge in [-0.15, -0.1) is 0 Å². The van der Waals surface area contributed by atoms with E-state index in [0.29, 0.717) is 24.1 Å². The van der Waals surface area contributed by atoms with Gasteiger partial charge >= 0.3 is 13.8 Å². The van der Waals surface area contributed by atoms with Crippen molar-refractivity contribution in [1.29, 1.82) is 0 Å². The van der Waals surface area contributed by atoms with E-state index < -0.39 is 13.9 Å². The van der Waals surface area contributed by atoms with Gasteiger partial charge in [-0.2, -0.15) is 0 Å². The summed E-state index contributed by atoms with van der Waals surface area (Å²) in [4.78, 5) is 22.8. The van der Waals surface area contributed by atoms with Crippen LogP contribution in [0.3, 0.4) is 0 Å². The topological polar surface area (TPSA) is 91.3 Å². The van der Waals surface area contributed by atoms with Crippen molar-refractivity contribution in [3.63, 3.8) is 0 Å². The van der Waals surface area contributed by atoms with Crippen molar-refractivity contribution >= 4 is 13.8 Å². The van der Waals surface area contributed by atoms with E-state index in [9.17, 15) is 14.3 Å². The second-order valence-corrected chi connectivity index (χ2v) is 16.4. The lowest BCUT2D eigenvalue weighted by Gasteiger charge is -2.24. The molecular weight excluding hydrogens is 685 g/mol. The van der Waals surface area contributed by atoms with Crippen molar-refractivity contribution in [2.75, 3.05) is 54.1 Å². The zero-order valence-electron chi connectivity index (χ0n) is 34.7. The maximum absolute atomic E-state index is 12.6. The number of hydrogen-bond acceptors (Lipinski definition) is 6. The van der Waals surface area contributed by atoms with Crippen LogP contribution in [0.15, 0.2) is 60.8 Å². The summed E-state index contributed by atoms with van der Waals surface area (Å²) in [6.07, 6.45) is 45.4. The average molecular weight is 767 g/mol. The van der Waals surface area contributed by atoms with Crippen LogP contribution in [-0.2, 0) is 27.9 Å². The van der Waals surface area contributed by atoms with Gasteiger partial charge in [-0.1, -0.05) is 152 Å². The smallest absolute Gasteiger partial charge is 0.457 e. The molecule has 2 unspecified atom stereocenters. The van der Waals surface area contributed by atoms with E-state index in [1.165, 1.54) is 64.2 Å². The van der Waals surface area contributed by atoms with Gasteiger partial charge in [-0.3, -0.25) is 13.8 Å². The number of carbonyl (C=O) groups excluding carboxylic acids is 1. The lowest BCUT2D eigenvalue weighted by molar-refractivity contribution is -0.870. The highest BCUT2D eigenvalue weighted by atomic mass is 31.2. The lowest BCUT2D eigenvalue weighted by atomic mass is 10.1. The van der Waals surface area contributed by atoms with Crippen LogP contribution in [0.5, 0.6) is 0 Å². The molecule has 0 aromatic carbocycles. The van der Waals surface area contributed by atoms with Crippen molar-refractivity contribution in [1.82, 2.24) is 0 Å². The number of nitrogens with zero attached hydrogens (tertiary/aromatic N) is 1. The van der Waals surface area contributed by atoms with E-state index in [1.807, 2.05) is 21.1 Å². The summed E-state index contributed by atoms with van der Waals surface area (Å²) < 4.78 is 34.8. The Kier molecular flexibility index (Phi) is 35.9. The number of likely N-dealkylation sites (N-methyl/N-ethyl adjacent to an activating group) is 1. The molecule has 0 amide bonds. The molecule has 0 bridgehead atoms. The van der Waals surface area contributed by atoms with Crippen molar-refractivity contribution in [3.05, 3.63) is 60.8 Å². The SMILES string of the molecule is CC/C=C\C/C=C\C/C=C\C/C=C\C/C=C\CCCCCCCCCC(=O)OC(COCCCCCCCCCC)COP(=O)(O)OCC[N+](C)(C)C. The molecule has 9 heteroatoms. The summed E-state index contributed by atoms with van der Waals surface area (Å²) in [6, 6.07) is 0. The van der Waals surface area contributed by atoms with Gasteiger partial charge in [0.1, 0.15) is 19.3 Å². The highest BCUT2D eigenvalue weighted by molar-refractivity contribution is 7.47. The second kappa shape index (κ2) is 37.1. The van der Waals surface area contributed by atoms with Gasteiger partial charge in [-0.25, -0.2) is 4.57 Å². The van der Waals surface area contributed by atoms with Crippen molar-refractivity contribution < 1.29 is 37.3 Å². The number of carbonyl (C=O) groups is 1. The predicted octanol–water partition coefficient (Wildman–Crippen LogP) is 12.2. The zero-order valence-corrected chi connectivity index (χ0v) is 35.6. The summed E-state index contributed by atoms with van der Waals surface area (Å²) in [7, 11) is 1.65. The molecular formula is C44H81NO7P+. The molecule has 308 valence electrons. The van der Waals surface area contributed by atoms with Crippen LogP contribution in [0, 0.1) is 0 Å². The Hall–Kier alpha value is -1.80. The molecule has 0 saturated heterocycles. The summed E-state index contributed by atoms with van der Waals surface area (Å²) in [5, 5.41) is 0. The lowest BCUT2D eigenvalue weighted by Crippen LogP contribution is -2.37. The fraction of sp³-hybridized carbons (Fsp3) is 0.750. The standard InChI is InChI=1S/C44H80NO7P/c1-6-8-10-12-14-16-17-18-19-20-21-22-23-24-25-26-27-28-29-30-31-33-35-37-44(46)52-43(41-49-39-36-34-32-15-13-11-9-7-2)42-51-53(47,48)50-40-38-45(3,4)5/h8,10,14,16,18-19,21-22,24-25,43H,6-7,9,11-13,15,17,20,23,26-42H2,1-5H3/p+1/b10-8-,16-14-,19-18-,22-21-,25-24-. The number of hydrogen-bond donors (Lipinski definition) is 1. The number of rotatable bonds is 38. The largest absolute Gasteiger partial charge is 0.472 e. The first kappa shape index (κ1) is 51.2. The van der Waals surface area contributed by atoms with E-state index in [4.69, 9.17) is 18.5 Å². The van der Waals surface area contributed by atoms with Gasteiger partial charge in [0.25, 0.3) is 0 Å². The molecule has 8 nitrogen and oxygen atoms in total. The van der Waals surface area contributed by atoms with Crippen LogP contribution in [0.2, 0.25) is 0 Å². The van der Waals surface area contributed by atoms with Gasteiger partial charge in [0, 0.05) is 13.0 Å². The van der Waals surface area contributed by atoms with Gasteiger partial charge < -0.3 is 18.9 Å². The molecule has 0 aromatic rings. The molecule has 1 N–H and O–H groups in total. The molecule has 0 aromatic heterocycles. The first-order chi connectivity index (χ1) is 25.6. The molecule has 53 heavy (non-hydrogen) atoms. The fourth-order valence-electron chi connectivity index (χ4n) is 5.34. The van der Waals surface area contributed by atoms with Crippen LogP contribution >= 0.6 is 7.82 Å². The number of ether oxygens (including phenoxy) is 2. The van der Waals surface area contributed by atoms with E-state index in [2.05, 4.69) is 74.6 Å². The summed E-state index contributed by atoms with van der Waals surface area (Å²) in [6.45, 7) is 5.46. The van der Waals surface area contributed by atoms with Gasteiger partial charge in [0.2, 0.25) is 0 Å². The third-order valence-corrected chi connectivity index (χ3v) is 9.58. The van der Waals surface area contributed by atoms with Crippen LogP contribution < -0.4 is 0 Å². The molecule has 0 radical (unpaired) electrons. The van der Waals surface area contributed by atoms with E-state index in [1.54, 1.807) is 0 Å². The molecule has 0 saturated carbocycles. The first-order valence-corrected chi connectivity index (χ1v) is 22.5. The Bertz CT molecular complexity index is 1030. The number of phosphoric ester groups is 1. The maximum atomic E-state index is 12.6. The van der Waals surface area contributed by atoms with Crippen LogP contribution in [0.1, 0.15) is 155 Å². The van der Waals surface area contributed by atoms with Gasteiger partial charge in [-0.05, 0) is 57.8 Å². The quantitative estimate of drug-likeness (QED) is 0.0220. The van der Waals surface area contributed by atoms with E-state index >= 15 is 0 Å². The molecule has 0 aliphatic heterocycles. The number of quaternary nitrogens is 1. The van der Waals surface area contributed by atoms with Crippen molar-refractivity contribution in [3.8, 4) is 0 Å². The predicted molar refractivity (Wildman–Crippen MR) is 224 cm³/mol. The van der Waals surface area contributed by atoms with Gasteiger partial charge in [0.05, 0.1) is 34.4 Å². The zero-order chi connectivity index (χ0) is 39.1. The Morgan fingerprint density at radius 1 is 0.604 bits per heavy atom. The molecule has 0 aliphatic carbocycles. The average Bonchev–Trinajstić information content (AvgIpc) is 3.11. The molecule has 0 rings (SSSR count). The summed E-state index contributed by atoms with van der Waals surface area (Å²) in [5.74, 6) is -0.329. The summed E-state index contributed by atoms with van der Waals surface area (Å²) in [5.41, 5.74) is 0. The highest BCUT2D eigenvalue weighted by Crippen LogP contribution is 2.43.